The Kier molecular flexibility index (Phi) is 3.12. The van der Waals surface area contributed by atoms with Gasteiger partial charge in [-0.3, -0.25) is 0 Å². The second-order valence-electron chi connectivity index (χ2n) is 2.65. The van der Waals surface area contributed by atoms with Gasteiger partial charge in [-0.1, -0.05) is 6.92 Å². The molecule has 1 fully saturated rings. The molecule has 0 amide bonds. The fraction of sp³-hybridized carbons (Fsp3) is 1.00. The summed E-state index contributed by atoms with van der Waals surface area (Å²) in [4.78, 5) is 0. The van der Waals surface area contributed by atoms with E-state index in [4.69, 9.17) is 9.84 Å². The summed E-state index contributed by atoms with van der Waals surface area (Å²) in [5.41, 5.74) is 0. The smallest absolute Gasteiger partial charge is 0.0930 e. The van der Waals surface area contributed by atoms with Crippen LogP contribution in [0.25, 0.3) is 0 Å². The average molecular weight is 145 g/mol. The molecule has 0 saturated carbocycles. The lowest BCUT2D eigenvalue weighted by Gasteiger charge is -2.28. The van der Waals surface area contributed by atoms with Crippen molar-refractivity contribution in [2.75, 3.05) is 19.8 Å². The second-order valence-corrected chi connectivity index (χ2v) is 2.65. The molecule has 60 valence electrons. The van der Waals surface area contributed by atoms with Gasteiger partial charge in [0.15, 0.2) is 0 Å². The van der Waals surface area contributed by atoms with Gasteiger partial charge in [0.05, 0.1) is 19.3 Å². The molecule has 10 heavy (non-hydrogen) atoms. The first-order valence-corrected chi connectivity index (χ1v) is 3.82. The van der Waals surface area contributed by atoms with E-state index in [0.29, 0.717) is 6.04 Å². The van der Waals surface area contributed by atoms with E-state index in [0.717, 1.165) is 19.6 Å². The third-order valence-electron chi connectivity index (χ3n) is 1.86. The lowest BCUT2D eigenvalue weighted by molar-refractivity contribution is -0.0258. The van der Waals surface area contributed by atoms with Crippen molar-refractivity contribution in [1.29, 1.82) is 0 Å². The van der Waals surface area contributed by atoms with E-state index in [1.165, 1.54) is 0 Å². The molecule has 0 aliphatic carbocycles. The summed E-state index contributed by atoms with van der Waals surface area (Å²) in [6.45, 7) is 3.78. The average Bonchev–Trinajstić information content (AvgIpc) is 2.05. The zero-order valence-electron chi connectivity index (χ0n) is 6.34. The van der Waals surface area contributed by atoms with Gasteiger partial charge in [0, 0.05) is 12.6 Å². The zero-order chi connectivity index (χ0) is 7.40. The summed E-state index contributed by atoms with van der Waals surface area (Å²) >= 11 is 0. The molecule has 1 rings (SSSR count). The van der Waals surface area contributed by atoms with E-state index in [1.54, 1.807) is 0 Å². The van der Waals surface area contributed by atoms with Crippen LogP contribution in [0.3, 0.4) is 0 Å². The van der Waals surface area contributed by atoms with Gasteiger partial charge in [0.1, 0.15) is 0 Å². The molecule has 1 aliphatic heterocycles. The molecule has 3 heteroatoms. The van der Waals surface area contributed by atoms with Crippen LogP contribution in [0, 0.1) is 0 Å². The van der Waals surface area contributed by atoms with Crippen LogP contribution >= 0.6 is 0 Å². The van der Waals surface area contributed by atoms with Crippen molar-refractivity contribution in [3.05, 3.63) is 0 Å². The lowest BCUT2D eigenvalue weighted by atomic mass is 10.2. The summed E-state index contributed by atoms with van der Waals surface area (Å²) in [7, 11) is 0. The number of nitrogens with one attached hydrogen (secondary N) is 1. The lowest BCUT2D eigenvalue weighted by Crippen LogP contribution is -2.47. The zero-order valence-corrected chi connectivity index (χ0v) is 6.34. The fourth-order valence-electron chi connectivity index (χ4n) is 1.05. The van der Waals surface area contributed by atoms with Crippen LogP contribution in [0.5, 0.6) is 0 Å². The van der Waals surface area contributed by atoms with Gasteiger partial charge >= 0.3 is 0 Å². The Morgan fingerprint density at radius 1 is 1.70 bits per heavy atom. The van der Waals surface area contributed by atoms with Gasteiger partial charge in [-0.05, 0) is 6.42 Å². The van der Waals surface area contributed by atoms with Crippen molar-refractivity contribution < 1.29 is 9.84 Å². The SMILES string of the molecule is CC[C@H]1CO[C@@H](CO)CN1. The van der Waals surface area contributed by atoms with Crippen LogP contribution in [-0.4, -0.2) is 37.0 Å². The number of aliphatic hydroxyl groups excluding tert-OH is 1. The van der Waals surface area contributed by atoms with Gasteiger partial charge in [0.2, 0.25) is 0 Å². The highest BCUT2D eigenvalue weighted by Crippen LogP contribution is 2.02. The van der Waals surface area contributed by atoms with E-state index in [2.05, 4.69) is 12.2 Å². The normalized spacial score (nSPS) is 34.2. The van der Waals surface area contributed by atoms with Gasteiger partial charge in [-0.15, -0.1) is 0 Å². The molecular weight excluding hydrogens is 130 g/mol. The van der Waals surface area contributed by atoms with Gasteiger partial charge in [-0.2, -0.15) is 0 Å². The van der Waals surface area contributed by atoms with E-state index in [9.17, 15) is 0 Å². The third-order valence-corrected chi connectivity index (χ3v) is 1.86. The molecule has 0 aromatic carbocycles. The molecule has 2 N–H and O–H groups in total. The number of rotatable bonds is 2. The molecule has 1 saturated heterocycles. The van der Waals surface area contributed by atoms with Crippen molar-refractivity contribution in [2.24, 2.45) is 0 Å². The van der Waals surface area contributed by atoms with Crippen LogP contribution < -0.4 is 5.32 Å². The highest BCUT2D eigenvalue weighted by molar-refractivity contribution is 4.73. The number of hydrogen-bond donors (Lipinski definition) is 2. The van der Waals surface area contributed by atoms with Crippen LogP contribution in [0.15, 0.2) is 0 Å². The molecule has 0 spiro atoms. The highest BCUT2D eigenvalue weighted by Gasteiger charge is 2.17. The minimum atomic E-state index is 0.0165. The summed E-state index contributed by atoms with van der Waals surface area (Å²) in [5, 5.41) is 12.0. The Bertz CT molecular complexity index is 77.6. The Morgan fingerprint density at radius 2 is 2.50 bits per heavy atom. The van der Waals surface area contributed by atoms with Crippen LogP contribution in [-0.2, 0) is 4.74 Å². The minimum absolute atomic E-state index is 0.0165. The summed E-state index contributed by atoms with van der Waals surface area (Å²) < 4.78 is 5.32. The van der Waals surface area contributed by atoms with E-state index >= 15 is 0 Å². The van der Waals surface area contributed by atoms with Crippen molar-refractivity contribution in [3.8, 4) is 0 Å². The van der Waals surface area contributed by atoms with Crippen LogP contribution in [0.2, 0.25) is 0 Å². The maximum atomic E-state index is 8.68. The van der Waals surface area contributed by atoms with Gasteiger partial charge < -0.3 is 15.2 Å². The number of ether oxygens (including phenoxy) is 1. The van der Waals surface area contributed by atoms with Crippen molar-refractivity contribution >= 4 is 0 Å². The standard InChI is InChI=1S/C7H15NO2/c1-2-6-5-10-7(4-9)3-8-6/h6-9H,2-5H2,1H3/t6-,7+/m0/s1. The highest BCUT2D eigenvalue weighted by atomic mass is 16.5. The maximum Gasteiger partial charge on any atom is 0.0930 e. The quantitative estimate of drug-likeness (QED) is 0.563. The molecule has 0 unspecified atom stereocenters. The monoisotopic (exact) mass is 145 g/mol. The minimum Gasteiger partial charge on any atom is -0.394 e. The molecule has 1 heterocycles. The molecule has 1 aliphatic rings. The molecule has 0 aromatic rings. The first kappa shape index (κ1) is 7.98. The van der Waals surface area contributed by atoms with Crippen LogP contribution in [0.4, 0.5) is 0 Å². The van der Waals surface area contributed by atoms with E-state index < -0.39 is 0 Å². The van der Waals surface area contributed by atoms with Crippen LogP contribution in [0.1, 0.15) is 13.3 Å². The Hall–Kier alpha value is -0.120. The van der Waals surface area contributed by atoms with Crippen molar-refractivity contribution in [2.45, 2.75) is 25.5 Å². The molecule has 0 aromatic heterocycles. The first-order chi connectivity index (χ1) is 4.86. The molecule has 0 bridgehead atoms. The predicted octanol–water partition coefficient (Wildman–Crippen LogP) is -0.254. The fourth-order valence-corrected chi connectivity index (χ4v) is 1.05. The molecule has 0 radical (unpaired) electrons. The molecule has 3 nitrogen and oxygen atoms in total. The number of aliphatic hydroxyl groups is 1. The Labute approximate surface area is 61.4 Å². The maximum absolute atomic E-state index is 8.68. The number of morpholine rings is 1. The van der Waals surface area contributed by atoms with E-state index in [1.807, 2.05) is 0 Å². The Balaban J connectivity index is 2.17. The molecular formula is C7H15NO2. The van der Waals surface area contributed by atoms with Crippen molar-refractivity contribution in [1.82, 2.24) is 5.32 Å². The first-order valence-electron chi connectivity index (χ1n) is 3.82. The number of hydrogen-bond acceptors (Lipinski definition) is 3. The topological polar surface area (TPSA) is 41.5 Å². The van der Waals surface area contributed by atoms with Crippen molar-refractivity contribution in [3.63, 3.8) is 0 Å². The van der Waals surface area contributed by atoms with Gasteiger partial charge in [-0.25, -0.2) is 0 Å². The van der Waals surface area contributed by atoms with E-state index in [-0.39, 0.29) is 12.7 Å². The molecule has 2 atom stereocenters. The summed E-state index contributed by atoms with van der Waals surface area (Å²) in [6.07, 6.45) is 1.11. The second kappa shape index (κ2) is 3.91. The predicted molar refractivity (Wildman–Crippen MR) is 38.9 cm³/mol. The third kappa shape index (κ3) is 1.94. The van der Waals surface area contributed by atoms with Gasteiger partial charge in [0.25, 0.3) is 0 Å². The Morgan fingerprint density at radius 3 is 2.90 bits per heavy atom. The summed E-state index contributed by atoms with van der Waals surface area (Å²) in [6, 6.07) is 0.489. The largest absolute Gasteiger partial charge is 0.394 e. The summed E-state index contributed by atoms with van der Waals surface area (Å²) in [5.74, 6) is 0.